The van der Waals surface area contributed by atoms with E-state index in [2.05, 4.69) is 33.6 Å². The predicted octanol–water partition coefficient (Wildman–Crippen LogP) is 2.85. The maximum absolute atomic E-state index is 5.09. The molecule has 2 aromatic rings. The summed E-state index contributed by atoms with van der Waals surface area (Å²) < 4.78 is 6.25. The van der Waals surface area contributed by atoms with Crippen LogP contribution in [-0.2, 0) is 0 Å². The van der Waals surface area contributed by atoms with Gasteiger partial charge in [-0.15, -0.1) is 0 Å². The van der Waals surface area contributed by atoms with E-state index in [1.165, 1.54) is 8.96 Å². The Morgan fingerprint density at radius 2 is 2.08 bits per heavy atom. The van der Waals surface area contributed by atoms with Gasteiger partial charge in [-0.3, -0.25) is 0 Å². The van der Waals surface area contributed by atoms with Gasteiger partial charge in [0, 0.05) is 15.0 Å². The SMILES string of the molecule is COc1cc(I)c2ccccc2n1. The van der Waals surface area contributed by atoms with Crippen molar-refractivity contribution >= 4 is 33.5 Å². The molecule has 0 fully saturated rings. The number of pyridine rings is 1. The molecule has 3 heteroatoms. The zero-order valence-electron chi connectivity index (χ0n) is 7.12. The molecule has 1 aromatic carbocycles. The van der Waals surface area contributed by atoms with Gasteiger partial charge in [-0.05, 0) is 28.7 Å². The fourth-order valence-electron chi connectivity index (χ4n) is 1.21. The highest BCUT2D eigenvalue weighted by molar-refractivity contribution is 14.1. The van der Waals surface area contributed by atoms with Gasteiger partial charge in [0.05, 0.1) is 12.6 Å². The Kier molecular flexibility index (Phi) is 2.35. The quantitative estimate of drug-likeness (QED) is 0.752. The van der Waals surface area contributed by atoms with E-state index in [-0.39, 0.29) is 0 Å². The number of hydrogen-bond donors (Lipinski definition) is 0. The standard InChI is InChI=1S/C10H8INO/c1-13-10-6-8(11)7-4-2-3-5-9(7)12-10/h2-6H,1H3. The predicted molar refractivity (Wildman–Crippen MR) is 61.0 cm³/mol. The molecule has 0 amide bonds. The van der Waals surface area contributed by atoms with Crippen LogP contribution in [0.2, 0.25) is 0 Å². The van der Waals surface area contributed by atoms with E-state index in [1.54, 1.807) is 7.11 Å². The Morgan fingerprint density at radius 3 is 2.85 bits per heavy atom. The summed E-state index contributed by atoms with van der Waals surface area (Å²) in [7, 11) is 1.63. The van der Waals surface area contributed by atoms with Gasteiger partial charge < -0.3 is 4.74 Å². The first-order valence-corrected chi connectivity index (χ1v) is 4.98. The lowest BCUT2D eigenvalue weighted by molar-refractivity contribution is 0.399. The normalized spacial score (nSPS) is 10.3. The second kappa shape index (κ2) is 3.49. The van der Waals surface area contributed by atoms with Crippen molar-refractivity contribution in [3.8, 4) is 5.88 Å². The van der Waals surface area contributed by atoms with E-state index < -0.39 is 0 Å². The lowest BCUT2D eigenvalue weighted by Gasteiger charge is -2.03. The molecule has 2 rings (SSSR count). The van der Waals surface area contributed by atoms with Crippen LogP contribution < -0.4 is 4.74 Å². The van der Waals surface area contributed by atoms with Crippen LogP contribution in [0.3, 0.4) is 0 Å². The maximum atomic E-state index is 5.09. The summed E-state index contributed by atoms with van der Waals surface area (Å²) in [6.07, 6.45) is 0. The number of rotatable bonds is 1. The van der Waals surface area contributed by atoms with Crippen molar-refractivity contribution < 1.29 is 4.74 Å². The lowest BCUT2D eigenvalue weighted by atomic mass is 10.2. The van der Waals surface area contributed by atoms with Gasteiger partial charge in [0.2, 0.25) is 5.88 Å². The third kappa shape index (κ3) is 1.60. The summed E-state index contributed by atoms with van der Waals surface area (Å²) in [6, 6.07) is 9.97. The van der Waals surface area contributed by atoms with Gasteiger partial charge in [0.15, 0.2) is 0 Å². The molecule has 0 spiro atoms. The number of para-hydroxylation sites is 1. The lowest BCUT2D eigenvalue weighted by Crippen LogP contribution is -1.89. The Labute approximate surface area is 90.1 Å². The van der Waals surface area contributed by atoms with Gasteiger partial charge in [0.25, 0.3) is 0 Å². The van der Waals surface area contributed by atoms with Crippen LogP contribution in [0.1, 0.15) is 0 Å². The number of aromatic nitrogens is 1. The van der Waals surface area contributed by atoms with E-state index in [0.29, 0.717) is 5.88 Å². The molecule has 2 nitrogen and oxygen atoms in total. The van der Waals surface area contributed by atoms with Gasteiger partial charge in [-0.1, -0.05) is 18.2 Å². The van der Waals surface area contributed by atoms with Gasteiger partial charge in [-0.2, -0.15) is 0 Å². The second-order valence-electron chi connectivity index (χ2n) is 2.66. The van der Waals surface area contributed by atoms with E-state index in [9.17, 15) is 0 Å². The molecule has 13 heavy (non-hydrogen) atoms. The number of ether oxygens (including phenoxy) is 1. The average molecular weight is 285 g/mol. The van der Waals surface area contributed by atoms with Gasteiger partial charge >= 0.3 is 0 Å². The third-order valence-electron chi connectivity index (χ3n) is 1.85. The fourth-order valence-corrected chi connectivity index (χ4v) is 1.94. The number of fused-ring (bicyclic) bond motifs is 1. The summed E-state index contributed by atoms with van der Waals surface area (Å²) in [6.45, 7) is 0. The van der Waals surface area contributed by atoms with Crippen LogP contribution in [0.15, 0.2) is 30.3 Å². The van der Waals surface area contributed by atoms with Crippen molar-refractivity contribution in [2.45, 2.75) is 0 Å². The highest BCUT2D eigenvalue weighted by Gasteiger charge is 2.01. The van der Waals surface area contributed by atoms with E-state index >= 15 is 0 Å². The summed E-state index contributed by atoms with van der Waals surface area (Å²) in [4.78, 5) is 4.33. The summed E-state index contributed by atoms with van der Waals surface area (Å²) >= 11 is 2.29. The molecule has 1 aromatic heterocycles. The van der Waals surface area contributed by atoms with Crippen molar-refractivity contribution in [1.29, 1.82) is 0 Å². The molecule has 0 radical (unpaired) electrons. The van der Waals surface area contributed by atoms with Gasteiger partial charge in [0.1, 0.15) is 0 Å². The van der Waals surface area contributed by atoms with Crippen LogP contribution in [0.4, 0.5) is 0 Å². The number of hydrogen-bond acceptors (Lipinski definition) is 2. The topological polar surface area (TPSA) is 22.1 Å². The van der Waals surface area contributed by atoms with E-state index in [1.807, 2.05) is 24.3 Å². The molecule has 0 unspecified atom stereocenters. The molecule has 0 aliphatic rings. The highest BCUT2D eigenvalue weighted by atomic mass is 127. The monoisotopic (exact) mass is 285 g/mol. The number of halogens is 1. The van der Waals surface area contributed by atoms with Crippen LogP contribution in [0.5, 0.6) is 5.88 Å². The minimum atomic E-state index is 0.670. The number of methoxy groups -OCH3 is 1. The van der Waals surface area contributed by atoms with Crippen LogP contribution in [0.25, 0.3) is 10.9 Å². The number of nitrogens with zero attached hydrogens (tertiary/aromatic N) is 1. The zero-order chi connectivity index (χ0) is 9.26. The van der Waals surface area contributed by atoms with Crippen molar-refractivity contribution in [1.82, 2.24) is 4.98 Å². The third-order valence-corrected chi connectivity index (χ3v) is 2.74. The first kappa shape index (κ1) is 8.74. The molecule has 1 heterocycles. The molecule has 0 aliphatic carbocycles. The summed E-state index contributed by atoms with van der Waals surface area (Å²) in [5, 5.41) is 1.17. The molecular weight excluding hydrogens is 277 g/mol. The highest BCUT2D eigenvalue weighted by Crippen LogP contribution is 2.22. The van der Waals surface area contributed by atoms with Gasteiger partial charge in [-0.25, -0.2) is 4.98 Å². The Hall–Kier alpha value is -0.840. The Bertz CT molecular complexity index is 442. The molecule has 0 aliphatic heterocycles. The first-order chi connectivity index (χ1) is 6.31. The van der Waals surface area contributed by atoms with Crippen LogP contribution in [-0.4, -0.2) is 12.1 Å². The first-order valence-electron chi connectivity index (χ1n) is 3.90. The summed E-state index contributed by atoms with van der Waals surface area (Å²) in [5.41, 5.74) is 0.978. The second-order valence-corrected chi connectivity index (χ2v) is 3.83. The summed E-state index contributed by atoms with van der Waals surface area (Å²) in [5.74, 6) is 0.670. The number of benzene rings is 1. The molecule has 66 valence electrons. The molecule has 0 atom stereocenters. The molecule has 0 N–H and O–H groups in total. The van der Waals surface area contributed by atoms with Crippen molar-refractivity contribution in [3.63, 3.8) is 0 Å². The smallest absolute Gasteiger partial charge is 0.214 e. The van der Waals surface area contributed by atoms with E-state index in [0.717, 1.165) is 5.52 Å². The zero-order valence-corrected chi connectivity index (χ0v) is 9.28. The molecular formula is C10H8INO. The van der Waals surface area contributed by atoms with Crippen molar-refractivity contribution in [3.05, 3.63) is 33.9 Å². The largest absolute Gasteiger partial charge is 0.481 e. The Balaban J connectivity index is 2.77. The Morgan fingerprint density at radius 1 is 1.31 bits per heavy atom. The van der Waals surface area contributed by atoms with Crippen molar-refractivity contribution in [2.75, 3.05) is 7.11 Å². The molecule has 0 saturated carbocycles. The average Bonchev–Trinajstić information content (AvgIpc) is 2.18. The van der Waals surface area contributed by atoms with Crippen LogP contribution >= 0.6 is 22.6 Å². The van der Waals surface area contributed by atoms with E-state index in [4.69, 9.17) is 4.74 Å². The fraction of sp³-hybridized carbons (Fsp3) is 0.100. The van der Waals surface area contributed by atoms with Crippen molar-refractivity contribution in [2.24, 2.45) is 0 Å². The van der Waals surface area contributed by atoms with Crippen LogP contribution in [0, 0.1) is 3.57 Å². The maximum Gasteiger partial charge on any atom is 0.214 e. The molecule has 0 saturated heterocycles. The molecule has 0 bridgehead atoms. The minimum Gasteiger partial charge on any atom is -0.481 e. The minimum absolute atomic E-state index is 0.670.